The lowest BCUT2D eigenvalue weighted by Crippen LogP contribution is -2.21. The van der Waals surface area contributed by atoms with Gasteiger partial charge in [0.15, 0.2) is 0 Å². The minimum absolute atomic E-state index is 0.103. The zero-order chi connectivity index (χ0) is 13.4. The molecule has 0 spiro atoms. The molecular formula is C11H10ClN3O3. The fourth-order valence-electron chi connectivity index (χ4n) is 1.71. The van der Waals surface area contributed by atoms with E-state index >= 15 is 0 Å². The highest BCUT2D eigenvalue weighted by Crippen LogP contribution is 2.20. The molecule has 0 bridgehead atoms. The van der Waals surface area contributed by atoms with E-state index < -0.39 is 4.92 Å². The number of pyridine rings is 1. The van der Waals surface area contributed by atoms with Crippen LogP contribution in [-0.4, -0.2) is 14.3 Å². The summed E-state index contributed by atoms with van der Waals surface area (Å²) in [5, 5.41) is 10.8. The maximum atomic E-state index is 12.2. The molecule has 6 nitrogen and oxygen atoms in total. The fourth-order valence-corrected chi connectivity index (χ4v) is 2.09. The van der Waals surface area contributed by atoms with Crippen molar-refractivity contribution in [2.45, 2.75) is 19.8 Å². The summed E-state index contributed by atoms with van der Waals surface area (Å²) >= 11 is 5.95. The van der Waals surface area contributed by atoms with Crippen LogP contribution in [0.25, 0.3) is 5.65 Å². The van der Waals surface area contributed by atoms with Gasteiger partial charge in [0.2, 0.25) is 0 Å². The van der Waals surface area contributed by atoms with Crippen molar-refractivity contribution < 1.29 is 4.92 Å². The van der Waals surface area contributed by atoms with E-state index in [9.17, 15) is 14.9 Å². The number of hydrogen-bond acceptors (Lipinski definition) is 4. The Bertz CT molecular complexity index is 694. The largest absolute Gasteiger partial charge is 0.286 e. The first kappa shape index (κ1) is 12.5. The van der Waals surface area contributed by atoms with Crippen LogP contribution in [0.1, 0.15) is 25.3 Å². The minimum Gasteiger partial charge on any atom is -0.269 e. The summed E-state index contributed by atoms with van der Waals surface area (Å²) < 4.78 is 1.15. The van der Waals surface area contributed by atoms with Gasteiger partial charge in [0.1, 0.15) is 10.8 Å². The van der Waals surface area contributed by atoms with Crippen molar-refractivity contribution in [3.8, 4) is 0 Å². The first-order valence-corrected chi connectivity index (χ1v) is 5.66. The molecule has 0 atom stereocenters. The van der Waals surface area contributed by atoms with Crippen LogP contribution in [0.4, 0.5) is 5.69 Å². The predicted octanol–water partition coefficient (Wildman–Crippen LogP) is 2.38. The highest BCUT2D eigenvalue weighted by Gasteiger charge is 2.16. The van der Waals surface area contributed by atoms with Crippen molar-refractivity contribution in [1.29, 1.82) is 0 Å². The molecule has 18 heavy (non-hydrogen) atoms. The van der Waals surface area contributed by atoms with E-state index in [4.69, 9.17) is 11.6 Å². The topological polar surface area (TPSA) is 77.5 Å². The van der Waals surface area contributed by atoms with Gasteiger partial charge < -0.3 is 0 Å². The van der Waals surface area contributed by atoms with Gasteiger partial charge in [0, 0.05) is 6.07 Å². The third-order valence-electron chi connectivity index (χ3n) is 2.58. The van der Waals surface area contributed by atoms with Gasteiger partial charge in [0.05, 0.1) is 16.7 Å². The molecule has 0 aliphatic carbocycles. The number of nitro groups is 1. The van der Waals surface area contributed by atoms with Crippen LogP contribution >= 0.6 is 11.6 Å². The lowest BCUT2D eigenvalue weighted by Gasteiger charge is -2.08. The number of fused-ring (bicyclic) bond motifs is 1. The number of rotatable bonds is 2. The van der Waals surface area contributed by atoms with E-state index in [2.05, 4.69) is 4.98 Å². The van der Waals surface area contributed by atoms with Gasteiger partial charge in [-0.2, -0.15) is 0 Å². The second kappa shape index (κ2) is 4.38. The SMILES string of the molecule is CC(C)c1c(Cl)nc2ccc([N+](=O)[O-])cn2c1=O. The first-order chi connectivity index (χ1) is 8.41. The summed E-state index contributed by atoms with van der Waals surface area (Å²) in [5.41, 5.74) is 0.113. The summed E-state index contributed by atoms with van der Waals surface area (Å²) in [6, 6.07) is 2.68. The highest BCUT2D eigenvalue weighted by molar-refractivity contribution is 6.30. The Morgan fingerprint density at radius 2 is 2.11 bits per heavy atom. The van der Waals surface area contributed by atoms with Gasteiger partial charge in [-0.3, -0.25) is 19.3 Å². The van der Waals surface area contributed by atoms with Crippen molar-refractivity contribution in [2.24, 2.45) is 0 Å². The summed E-state index contributed by atoms with van der Waals surface area (Å²) in [7, 11) is 0. The quantitative estimate of drug-likeness (QED) is 0.475. The molecular weight excluding hydrogens is 258 g/mol. The van der Waals surface area contributed by atoms with Crippen LogP contribution in [-0.2, 0) is 0 Å². The van der Waals surface area contributed by atoms with Crippen LogP contribution in [0.2, 0.25) is 5.15 Å². The number of nitrogens with zero attached hydrogens (tertiary/aromatic N) is 3. The van der Waals surface area contributed by atoms with Crippen molar-refractivity contribution in [3.05, 3.63) is 49.5 Å². The zero-order valence-corrected chi connectivity index (χ0v) is 10.5. The molecule has 0 saturated heterocycles. The van der Waals surface area contributed by atoms with E-state index in [0.717, 1.165) is 10.6 Å². The summed E-state index contributed by atoms with van der Waals surface area (Å²) in [4.78, 5) is 26.4. The van der Waals surface area contributed by atoms with Gasteiger partial charge in [-0.05, 0) is 12.0 Å². The molecule has 0 saturated carbocycles. The molecule has 0 unspecified atom stereocenters. The summed E-state index contributed by atoms with van der Waals surface area (Å²) in [5.74, 6) is -0.103. The molecule has 7 heteroatoms. The molecule has 2 aromatic rings. The molecule has 0 amide bonds. The monoisotopic (exact) mass is 267 g/mol. The highest BCUT2D eigenvalue weighted by atomic mass is 35.5. The van der Waals surface area contributed by atoms with Crippen LogP contribution in [0, 0.1) is 10.1 Å². The Hall–Kier alpha value is -1.95. The maximum absolute atomic E-state index is 12.2. The second-order valence-electron chi connectivity index (χ2n) is 4.15. The van der Waals surface area contributed by atoms with Crippen LogP contribution in [0.3, 0.4) is 0 Å². The van der Waals surface area contributed by atoms with Crippen LogP contribution in [0.5, 0.6) is 0 Å². The smallest absolute Gasteiger partial charge is 0.269 e. The third kappa shape index (κ3) is 1.95. The molecule has 2 heterocycles. The normalized spacial score (nSPS) is 11.1. The summed E-state index contributed by atoms with van der Waals surface area (Å²) in [6.07, 6.45) is 1.16. The molecule has 0 fully saturated rings. The van der Waals surface area contributed by atoms with Crippen molar-refractivity contribution >= 4 is 22.9 Å². The lowest BCUT2D eigenvalue weighted by molar-refractivity contribution is -0.385. The van der Waals surface area contributed by atoms with E-state index in [1.807, 2.05) is 13.8 Å². The van der Waals surface area contributed by atoms with E-state index in [0.29, 0.717) is 11.2 Å². The summed E-state index contributed by atoms with van der Waals surface area (Å²) in [6.45, 7) is 3.63. The average molecular weight is 268 g/mol. The van der Waals surface area contributed by atoms with Gasteiger partial charge in [0.25, 0.3) is 11.2 Å². The number of hydrogen-bond donors (Lipinski definition) is 0. The maximum Gasteiger partial charge on any atom is 0.286 e. The Morgan fingerprint density at radius 1 is 1.44 bits per heavy atom. The number of halogens is 1. The van der Waals surface area contributed by atoms with E-state index in [1.165, 1.54) is 12.1 Å². The molecule has 94 valence electrons. The van der Waals surface area contributed by atoms with Gasteiger partial charge in [-0.25, -0.2) is 4.98 Å². The van der Waals surface area contributed by atoms with Gasteiger partial charge in [-0.1, -0.05) is 25.4 Å². The third-order valence-corrected chi connectivity index (χ3v) is 2.87. The molecule has 0 radical (unpaired) electrons. The number of aromatic nitrogens is 2. The predicted molar refractivity (Wildman–Crippen MR) is 67.2 cm³/mol. The van der Waals surface area contributed by atoms with Gasteiger partial charge in [-0.15, -0.1) is 0 Å². The van der Waals surface area contributed by atoms with E-state index in [-0.39, 0.29) is 22.3 Å². The Kier molecular flexibility index (Phi) is 3.04. The molecule has 2 aromatic heterocycles. The Labute approximate surface area is 107 Å². The molecule has 0 N–H and O–H groups in total. The van der Waals surface area contributed by atoms with Gasteiger partial charge >= 0.3 is 0 Å². The van der Waals surface area contributed by atoms with Crippen LogP contribution in [0.15, 0.2) is 23.1 Å². The minimum atomic E-state index is -0.560. The fraction of sp³-hybridized carbons (Fsp3) is 0.273. The molecule has 2 rings (SSSR count). The molecule has 0 aliphatic heterocycles. The van der Waals surface area contributed by atoms with Crippen molar-refractivity contribution in [3.63, 3.8) is 0 Å². The average Bonchev–Trinajstić information content (AvgIpc) is 2.27. The standard InChI is InChI=1S/C11H10ClN3O3/c1-6(2)9-10(12)13-8-4-3-7(15(17)18)5-14(8)11(9)16/h3-6H,1-2H3. The van der Waals surface area contributed by atoms with Crippen molar-refractivity contribution in [1.82, 2.24) is 9.38 Å². The van der Waals surface area contributed by atoms with E-state index in [1.54, 1.807) is 0 Å². The first-order valence-electron chi connectivity index (χ1n) is 5.28. The second-order valence-corrected chi connectivity index (χ2v) is 4.51. The Balaban J connectivity index is 2.86. The van der Waals surface area contributed by atoms with Crippen LogP contribution < -0.4 is 5.56 Å². The molecule has 0 aromatic carbocycles. The lowest BCUT2D eigenvalue weighted by atomic mass is 10.1. The zero-order valence-electron chi connectivity index (χ0n) is 9.75. The van der Waals surface area contributed by atoms with Crippen molar-refractivity contribution in [2.75, 3.05) is 0 Å². The Morgan fingerprint density at radius 3 is 2.67 bits per heavy atom. The molecule has 0 aliphatic rings.